The number of hydrogen-bond acceptors (Lipinski definition) is 4. The first-order valence-electron chi connectivity index (χ1n) is 5.87. The lowest BCUT2D eigenvalue weighted by Gasteiger charge is -2.00. The van der Waals surface area contributed by atoms with Crippen molar-refractivity contribution in [1.82, 2.24) is 30.1 Å². The van der Waals surface area contributed by atoms with Gasteiger partial charge in [-0.25, -0.2) is 0 Å². The van der Waals surface area contributed by atoms with Gasteiger partial charge in [0, 0.05) is 18.9 Å². The van der Waals surface area contributed by atoms with Gasteiger partial charge in [0.15, 0.2) is 0 Å². The van der Waals surface area contributed by atoms with Crippen molar-refractivity contribution in [2.45, 2.75) is 33.5 Å². The Balaban J connectivity index is 1.84. The van der Waals surface area contributed by atoms with Gasteiger partial charge in [0.25, 0.3) is 0 Å². The van der Waals surface area contributed by atoms with E-state index in [4.69, 9.17) is 0 Å². The third-order valence-corrected chi connectivity index (χ3v) is 2.47. The quantitative estimate of drug-likeness (QED) is 0.795. The molecule has 0 aromatic carbocycles. The van der Waals surface area contributed by atoms with Gasteiger partial charge in [-0.3, -0.25) is 9.36 Å². The molecule has 0 radical (unpaired) electrons. The van der Waals surface area contributed by atoms with E-state index >= 15 is 0 Å². The van der Waals surface area contributed by atoms with Gasteiger partial charge in [0.2, 0.25) is 0 Å². The van der Waals surface area contributed by atoms with Gasteiger partial charge in [0.1, 0.15) is 0 Å². The highest BCUT2D eigenvalue weighted by molar-refractivity contribution is 4.95. The molecule has 92 valence electrons. The van der Waals surface area contributed by atoms with Crippen molar-refractivity contribution in [3.63, 3.8) is 0 Å². The van der Waals surface area contributed by atoms with Gasteiger partial charge in [-0.05, 0) is 19.5 Å². The summed E-state index contributed by atoms with van der Waals surface area (Å²) >= 11 is 0. The van der Waals surface area contributed by atoms with Crippen LogP contribution in [-0.4, -0.2) is 31.3 Å². The molecule has 2 rings (SSSR count). The number of hydrogen-bond donors (Lipinski definition) is 1. The maximum atomic E-state index is 4.32. The van der Waals surface area contributed by atoms with Crippen LogP contribution in [0.3, 0.4) is 0 Å². The number of aromatic nitrogens is 5. The van der Waals surface area contributed by atoms with E-state index in [9.17, 15) is 0 Å². The summed E-state index contributed by atoms with van der Waals surface area (Å²) in [5.41, 5.74) is 2.01. The number of nitrogens with one attached hydrogen (secondary N) is 1. The predicted octanol–water partition coefficient (Wildman–Crippen LogP) is 0.593. The average Bonchev–Trinajstić information content (AvgIpc) is 2.93. The van der Waals surface area contributed by atoms with Crippen LogP contribution in [0, 0.1) is 6.92 Å². The van der Waals surface area contributed by atoms with Crippen LogP contribution in [0.1, 0.15) is 18.3 Å². The molecule has 0 atom stereocenters. The molecule has 0 unspecified atom stereocenters. The molecule has 6 heteroatoms. The van der Waals surface area contributed by atoms with E-state index in [-0.39, 0.29) is 0 Å². The number of aryl methyl sites for hydroxylation is 3. The highest BCUT2D eigenvalue weighted by Gasteiger charge is 2.00. The van der Waals surface area contributed by atoms with Crippen molar-refractivity contribution in [2.75, 3.05) is 6.54 Å². The van der Waals surface area contributed by atoms with Crippen LogP contribution in [0.25, 0.3) is 0 Å². The Labute approximate surface area is 101 Å². The summed E-state index contributed by atoms with van der Waals surface area (Å²) in [6, 6.07) is 2.00. The molecule has 2 heterocycles. The lowest BCUT2D eigenvalue weighted by atomic mass is 10.4. The standard InChI is InChI=1S/C11H18N6/c1-3-12-8-11-9-17(15-13-11)7-6-16-5-4-10(2)14-16/h4-5,9,12H,3,6-8H2,1-2H3. The molecule has 2 aromatic heterocycles. The molecule has 0 aliphatic rings. The fraction of sp³-hybridized carbons (Fsp3) is 0.545. The minimum atomic E-state index is 0.775. The zero-order valence-electron chi connectivity index (χ0n) is 10.3. The van der Waals surface area contributed by atoms with Gasteiger partial charge in [-0.2, -0.15) is 5.10 Å². The number of nitrogens with zero attached hydrogens (tertiary/aromatic N) is 5. The summed E-state index contributed by atoms with van der Waals surface area (Å²) in [6.45, 7) is 7.39. The Hall–Kier alpha value is -1.69. The Bertz CT molecular complexity index is 458. The third-order valence-electron chi connectivity index (χ3n) is 2.47. The second-order valence-electron chi connectivity index (χ2n) is 3.97. The fourth-order valence-corrected chi connectivity index (χ4v) is 1.57. The van der Waals surface area contributed by atoms with E-state index in [0.29, 0.717) is 0 Å². The van der Waals surface area contributed by atoms with E-state index in [1.54, 1.807) is 0 Å². The molecule has 2 aromatic rings. The molecule has 0 amide bonds. The van der Waals surface area contributed by atoms with E-state index in [2.05, 4.69) is 27.7 Å². The molecule has 17 heavy (non-hydrogen) atoms. The van der Waals surface area contributed by atoms with E-state index < -0.39 is 0 Å². The van der Waals surface area contributed by atoms with Crippen LogP contribution < -0.4 is 5.32 Å². The Morgan fingerprint density at radius 1 is 1.29 bits per heavy atom. The molecular formula is C11H18N6. The van der Waals surface area contributed by atoms with Gasteiger partial charge >= 0.3 is 0 Å². The Kier molecular flexibility index (Phi) is 3.87. The minimum absolute atomic E-state index is 0.775. The molecule has 1 N–H and O–H groups in total. The number of rotatable bonds is 6. The average molecular weight is 234 g/mol. The van der Waals surface area contributed by atoms with Crippen molar-refractivity contribution in [1.29, 1.82) is 0 Å². The van der Waals surface area contributed by atoms with E-state index in [1.807, 2.05) is 34.7 Å². The lowest BCUT2D eigenvalue weighted by molar-refractivity contribution is 0.488. The predicted molar refractivity (Wildman–Crippen MR) is 64.4 cm³/mol. The highest BCUT2D eigenvalue weighted by atomic mass is 15.4. The minimum Gasteiger partial charge on any atom is -0.311 e. The smallest absolute Gasteiger partial charge is 0.0964 e. The summed E-state index contributed by atoms with van der Waals surface area (Å²) in [6.07, 6.45) is 3.95. The summed E-state index contributed by atoms with van der Waals surface area (Å²) in [4.78, 5) is 0. The molecule has 0 aliphatic heterocycles. The van der Waals surface area contributed by atoms with Crippen molar-refractivity contribution in [2.24, 2.45) is 0 Å². The van der Waals surface area contributed by atoms with Crippen LogP contribution in [0.4, 0.5) is 0 Å². The molecule has 0 aliphatic carbocycles. The maximum Gasteiger partial charge on any atom is 0.0964 e. The van der Waals surface area contributed by atoms with Crippen LogP contribution in [0.15, 0.2) is 18.5 Å². The second kappa shape index (κ2) is 5.58. The van der Waals surface area contributed by atoms with Crippen LogP contribution >= 0.6 is 0 Å². The van der Waals surface area contributed by atoms with Crippen molar-refractivity contribution in [3.8, 4) is 0 Å². The zero-order valence-corrected chi connectivity index (χ0v) is 10.3. The first kappa shape index (κ1) is 11.8. The monoisotopic (exact) mass is 234 g/mol. The van der Waals surface area contributed by atoms with Gasteiger partial charge in [0.05, 0.1) is 24.5 Å². The molecule has 0 saturated heterocycles. The first-order chi connectivity index (χ1) is 8.28. The molecule has 0 bridgehead atoms. The third kappa shape index (κ3) is 3.39. The Morgan fingerprint density at radius 3 is 2.82 bits per heavy atom. The van der Waals surface area contributed by atoms with Crippen LogP contribution in [0.2, 0.25) is 0 Å². The normalized spacial score (nSPS) is 10.9. The fourth-order valence-electron chi connectivity index (χ4n) is 1.57. The van der Waals surface area contributed by atoms with Crippen LogP contribution in [0.5, 0.6) is 0 Å². The van der Waals surface area contributed by atoms with Crippen molar-refractivity contribution >= 4 is 0 Å². The SMILES string of the molecule is CCNCc1cn(CCn2ccc(C)n2)nn1. The van der Waals surface area contributed by atoms with Gasteiger partial charge < -0.3 is 5.32 Å². The molecule has 6 nitrogen and oxygen atoms in total. The summed E-state index contributed by atoms with van der Waals surface area (Å²) in [5, 5.41) is 15.7. The summed E-state index contributed by atoms with van der Waals surface area (Å²) < 4.78 is 3.77. The largest absolute Gasteiger partial charge is 0.311 e. The first-order valence-corrected chi connectivity index (χ1v) is 5.87. The highest BCUT2D eigenvalue weighted by Crippen LogP contribution is 1.96. The second-order valence-corrected chi connectivity index (χ2v) is 3.97. The van der Waals surface area contributed by atoms with Crippen molar-refractivity contribution in [3.05, 3.63) is 29.8 Å². The molecular weight excluding hydrogens is 216 g/mol. The topological polar surface area (TPSA) is 60.6 Å². The van der Waals surface area contributed by atoms with E-state index in [0.717, 1.165) is 37.6 Å². The zero-order chi connectivity index (χ0) is 12.1. The molecule has 0 saturated carbocycles. The van der Waals surface area contributed by atoms with E-state index in [1.165, 1.54) is 0 Å². The maximum absolute atomic E-state index is 4.32. The van der Waals surface area contributed by atoms with Gasteiger partial charge in [-0.1, -0.05) is 12.1 Å². The summed E-state index contributed by atoms with van der Waals surface area (Å²) in [7, 11) is 0. The Morgan fingerprint density at radius 2 is 2.12 bits per heavy atom. The molecule has 0 spiro atoms. The van der Waals surface area contributed by atoms with Gasteiger partial charge in [-0.15, -0.1) is 5.10 Å². The molecule has 0 fully saturated rings. The van der Waals surface area contributed by atoms with Crippen molar-refractivity contribution < 1.29 is 0 Å². The van der Waals surface area contributed by atoms with Crippen LogP contribution in [-0.2, 0) is 19.6 Å². The lowest BCUT2D eigenvalue weighted by Crippen LogP contribution is -2.12. The summed E-state index contributed by atoms with van der Waals surface area (Å²) in [5.74, 6) is 0.